The van der Waals surface area contributed by atoms with Crippen LogP contribution in [0.5, 0.6) is 0 Å². The van der Waals surface area contributed by atoms with Crippen molar-refractivity contribution < 1.29 is 0 Å². The standard InChI is InChI=1S/C12H10Cl3N/c1-3-9-6(2)12(15)11-8(14)4-7(13)5-10(11)16-9/h4-5H,3H2,1-2H3. The van der Waals surface area contributed by atoms with Crippen molar-refractivity contribution in [3.05, 3.63) is 38.5 Å². The van der Waals surface area contributed by atoms with E-state index in [1.165, 1.54) is 0 Å². The van der Waals surface area contributed by atoms with Crippen LogP contribution in [0, 0.1) is 6.92 Å². The van der Waals surface area contributed by atoms with Crippen LogP contribution in [0.3, 0.4) is 0 Å². The topological polar surface area (TPSA) is 12.9 Å². The third kappa shape index (κ3) is 1.88. The van der Waals surface area contributed by atoms with Gasteiger partial charge in [0.25, 0.3) is 0 Å². The molecule has 0 unspecified atom stereocenters. The molecule has 0 spiro atoms. The van der Waals surface area contributed by atoms with Crippen molar-refractivity contribution in [2.24, 2.45) is 0 Å². The SMILES string of the molecule is CCc1nc2cc(Cl)cc(Cl)c2c(Cl)c1C. The molecule has 0 bridgehead atoms. The van der Waals surface area contributed by atoms with Crippen LogP contribution in [0.15, 0.2) is 12.1 Å². The molecule has 16 heavy (non-hydrogen) atoms. The second-order valence-electron chi connectivity index (χ2n) is 3.63. The molecular formula is C12H10Cl3N. The molecule has 0 aliphatic heterocycles. The first-order chi connectivity index (χ1) is 7.54. The van der Waals surface area contributed by atoms with Crippen molar-refractivity contribution >= 4 is 45.7 Å². The normalized spacial score (nSPS) is 11.1. The molecule has 0 saturated carbocycles. The molecule has 0 aliphatic carbocycles. The Labute approximate surface area is 109 Å². The Balaban J connectivity index is 2.92. The largest absolute Gasteiger partial charge is 0.252 e. The molecule has 0 N–H and O–H groups in total. The predicted molar refractivity (Wildman–Crippen MR) is 70.9 cm³/mol. The van der Waals surface area contributed by atoms with E-state index in [-0.39, 0.29) is 0 Å². The van der Waals surface area contributed by atoms with Crippen molar-refractivity contribution in [1.82, 2.24) is 4.98 Å². The molecule has 84 valence electrons. The molecule has 0 aliphatic rings. The summed E-state index contributed by atoms with van der Waals surface area (Å²) >= 11 is 18.4. The molecule has 0 saturated heterocycles. The minimum absolute atomic E-state index is 0.547. The number of rotatable bonds is 1. The Morgan fingerprint density at radius 1 is 1.19 bits per heavy atom. The van der Waals surface area contributed by atoms with E-state index in [0.29, 0.717) is 15.1 Å². The number of hydrogen-bond acceptors (Lipinski definition) is 1. The highest BCUT2D eigenvalue weighted by Crippen LogP contribution is 2.35. The van der Waals surface area contributed by atoms with E-state index in [1.807, 2.05) is 13.8 Å². The van der Waals surface area contributed by atoms with E-state index in [4.69, 9.17) is 34.8 Å². The highest BCUT2D eigenvalue weighted by atomic mass is 35.5. The summed E-state index contributed by atoms with van der Waals surface area (Å²) in [6.45, 7) is 4.00. The average molecular weight is 275 g/mol. The van der Waals surface area contributed by atoms with Crippen LogP contribution in [0.4, 0.5) is 0 Å². The number of nitrogens with zero attached hydrogens (tertiary/aromatic N) is 1. The van der Waals surface area contributed by atoms with E-state index in [0.717, 1.165) is 28.6 Å². The summed E-state index contributed by atoms with van der Waals surface area (Å²) < 4.78 is 0. The second-order valence-corrected chi connectivity index (χ2v) is 4.85. The van der Waals surface area contributed by atoms with Crippen LogP contribution >= 0.6 is 34.8 Å². The highest BCUT2D eigenvalue weighted by molar-refractivity contribution is 6.43. The Bertz CT molecular complexity index is 564. The maximum atomic E-state index is 6.30. The lowest BCUT2D eigenvalue weighted by atomic mass is 10.1. The van der Waals surface area contributed by atoms with Crippen LogP contribution in [0.2, 0.25) is 15.1 Å². The van der Waals surface area contributed by atoms with Gasteiger partial charge < -0.3 is 0 Å². The molecule has 0 atom stereocenters. The van der Waals surface area contributed by atoms with Gasteiger partial charge in [-0.25, -0.2) is 0 Å². The molecule has 4 heteroatoms. The molecule has 1 aromatic carbocycles. The van der Waals surface area contributed by atoms with Crippen LogP contribution < -0.4 is 0 Å². The van der Waals surface area contributed by atoms with Crippen molar-refractivity contribution in [2.45, 2.75) is 20.3 Å². The van der Waals surface area contributed by atoms with Crippen molar-refractivity contribution in [2.75, 3.05) is 0 Å². The lowest BCUT2D eigenvalue weighted by Gasteiger charge is -2.10. The fraction of sp³-hybridized carbons (Fsp3) is 0.250. The van der Waals surface area contributed by atoms with E-state index < -0.39 is 0 Å². The maximum Gasteiger partial charge on any atom is 0.0750 e. The maximum absolute atomic E-state index is 6.30. The summed E-state index contributed by atoms with van der Waals surface area (Å²) in [6, 6.07) is 3.47. The highest BCUT2D eigenvalue weighted by Gasteiger charge is 2.12. The summed E-state index contributed by atoms with van der Waals surface area (Å²) in [7, 11) is 0. The Kier molecular flexibility index (Phi) is 3.29. The fourth-order valence-electron chi connectivity index (χ4n) is 1.75. The first-order valence-electron chi connectivity index (χ1n) is 4.98. The number of fused-ring (bicyclic) bond motifs is 1. The number of pyridine rings is 1. The van der Waals surface area contributed by atoms with Crippen LogP contribution in [-0.4, -0.2) is 4.98 Å². The monoisotopic (exact) mass is 273 g/mol. The van der Waals surface area contributed by atoms with Gasteiger partial charge in [-0.05, 0) is 31.0 Å². The third-order valence-corrected chi connectivity index (χ3v) is 3.59. The molecule has 2 rings (SSSR count). The van der Waals surface area contributed by atoms with Gasteiger partial charge in [-0.1, -0.05) is 41.7 Å². The van der Waals surface area contributed by atoms with Gasteiger partial charge in [0.2, 0.25) is 0 Å². The molecule has 0 fully saturated rings. The molecule has 2 aromatic rings. The number of benzene rings is 1. The zero-order valence-electron chi connectivity index (χ0n) is 8.94. The van der Waals surface area contributed by atoms with Crippen LogP contribution in [0.25, 0.3) is 10.9 Å². The predicted octanol–water partition coefficient (Wildman–Crippen LogP) is 5.07. The first-order valence-corrected chi connectivity index (χ1v) is 6.11. The Morgan fingerprint density at radius 2 is 1.88 bits per heavy atom. The minimum Gasteiger partial charge on any atom is -0.252 e. The Morgan fingerprint density at radius 3 is 2.50 bits per heavy atom. The van der Waals surface area contributed by atoms with Crippen LogP contribution in [0.1, 0.15) is 18.2 Å². The zero-order valence-corrected chi connectivity index (χ0v) is 11.2. The summed E-state index contributed by atoms with van der Waals surface area (Å²) in [5.74, 6) is 0. The number of halogens is 3. The lowest BCUT2D eigenvalue weighted by molar-refractivity contribution is 1.03. The third-order valence-electron chi connectivity index (χ3n) is 2.61. The summed E-state index contributed by atoms with van der Waals surface area (Å²) in [6.07, 6.45) is 0.839. The first kappa shape index (κ1) is 12.0. The van der Waals surface area contributed by atoms with Crippen molar-refractivity contribution in [3.63, 3.8) is 0 Å². The van der Waals surface area contributed by atoms with E-state index in [2.05, 4.69) is 4.98 Å². The van der Waals surface area contributed by atoms with Crippen LogP contribution in [-0.2, 0) is 6.42 Å². The molecule has 0 radical (unpaired) electrons. The molecule has 1 nitrogen and oxygen atoms in total. The zero-order chi connectivity index (χ0) is 11.9. The Hall–Kier alpha value is -0.500. The number of aromatic nitrogens is 1. The lowest BCUT2D eigenvalue weighted by Crippen LogP contribution is -1.95. The average Bonchev–Trinajstić information content (AvgIpc) is 2.22. The van der Waals surface area contributed by atoms with E-state index in [9.17, 15) is 0 Å². The molecular weight excluding hydrogens is 264 g/mol. The van der Waals surface area contributed by atoms with Gasteiger partial charge in [-0.15, -0.1) is 0 Å². The van der Waals surface area contributed by atoms with E-state index >= 15 is 0 Å². The summed E-state index contributed by atoms with van der Waals surface area (Å²) in [4.78, 5) is 4.52. The molecule has 1 heterocycles. The quantitative estimate of drug-likeness (QED) is 0.708. The van der Waals surface area contributed by atoms with Gasteiger partial charge in [0, 0.05) is 16.1 Å². The number of hydrogen-bond donors (Lipinski definition) is 0. The van der Waals surface area contributed by atoms with Crippen molar-refractivity contribution in [3.8, 4) is 0 Å². The summed E-state index contributed by atoms with van der Waals surface area (Å²) in [5.41, 5.74) is 2.72. The van der Waals surface area contributed by atoms with Gasteiger partial charge >= 0.3 is 0 Å². The number of aryl methyl sites for hydroxylation is 1. The van der Waals surface area contributed by atoms with Gasteiger partial charge in [0.1, 0.15) is 0 Å². The summed E-state index contributed by atoms with van der Waals surface area (Å²) in [5, 5.41) is 2.57. The smallest absolute Gasteiger partial charge is 0.0750 e. The fourth-order valence-corrected chi connectivity index (χ4v) is 2.69. The molecule has 0 amide bonds. The van der Waals surface area contributed by atoms with E-state index in [1.54, 1.807) is 12.1 Å². The van der Waals surface area contributed by atoms with Gasteiger partial charge in [-0.3, -0.25) is 4.98 Å². The minimum atomic E-state index is 0.547. The van der Waals surface area contributed by atoms with Gasteiger partial charge in [0.05, 0.1) is 15.6 Å². The van der Waals surface area contributed by atoms with Gasteiger partial charge in [-0.2, -0.15) is 0 Å². The molecule has 1 aromatic heterocycles. The second kappa shape index (κ2) is 4.40. The van der Waals surface area contributed by atoms with Gasteiger partial charge in [0.15, 0.2) is 0 Å². The van der Waals surface area contributed by atoms with Crippen molar-refractivity contribution in [1.29, 1.82) is 0 Å².